The van der Waals surface area contributed by atoms with Gasteiger partial charge in [0.15, 0.2) is 0 Å². The van der Waals surface area contributed by atoms with Crippen LogP contribution in [0.3, 0.4) is 0 Å². The maximum Gasteiger partial charge on any atom is 0.134 e. The minimum absolute atomic E-state index is 0.425. The molecule has 0 radical (unpaired) electrons. The van der Waals surface area contributed by atoms with Gasteiger partial charge < -0.3 is 10.6 Å². The highest BCUT2D eigenvalue weighted by atomic mass is 32.2. The Bertz CT molecular complexity index is 412. The molecule has 4 nitrogen and oxygen atoms in total. The summed E-state index contributed by atoms with van der Waals surface area (Å²) in [5.74, 6) is 1.95. The van der Waals surface area contributed by atoms with Crippen LogP contribution in [0.15, 0.2) is 6.33 Å². The van der Waals surface area contributed by atoms with Crippen LogP contribution in [0.25, 0.3) is 0 Å². The summed E-state index contributed by atoms with van der Waals surface area (Å²) in [5.41, 5.74) is 1.21. The first-order valence-electron chi connectivity index (χ1n) is 7.05. The molecule has 5 heteroatoms. The van der Waals surface area contributed by atoms with Gasteiger partial charge in [-0.25, -0.2) is 9.97 Å². The van der Waals surface area contributed by atoms with Gasteiger partial charge in [-0.2, -0.15) is 11.8 Å². The van der Waals surface area contributed by atoms with Gasteiger partial charge in [-0.3, -0.25) is 0 Å². The molecule has 106 valence electrons. The van der Waals surface area contributed by atoms with Gasteiger partial charge in [0.2, 0.25) is 0 Å². The van der Waals surface area contributed by atoms with E-state index in [-0.39, 0.29) is 0 Å². The van der Waals surface area contributed by atoms with Crippen LogP contribution >= 0.6 is 11.8 Å². The average Bonchev–Trinajstić information content (AvgIpc) is 2.39. The van der Waals surface area contributed by atoms with Crippen molar-refractivity contribution in [2.45, 2.75) is 43.8 Å². The van der Waals surface area contributed by atoms with Crippen molar-refractivity contribution < 1.29 is 0 Å². The monoisotopic (exact) mass is 280 g/mol. The van der Waals surface area contributed by atoms with E-state index in [4.69, 9.17) is 0 Å². The van der Waals surface area contributed by atoms with Crippen LogP contribution in [0.2, 0.25) is 0 Å². The zero-order chi connectivity index (χ0) is 13.7. The molecule has 0 atom stereocenters. The Hall–Kier alpha value is -0.970. The van der Waals surface area contributed by atoms with E-state index in [1.165, 1.54) is 24.8 Å². The van der Waals surface area contributed by atoms with Crippen LogP contribution < -0.4 is 10.6 Å². The number of hydrogen-bond donors (Lipinski definition) is 2. The summed E-state index contributed by atoms with van der Waals surface area (Å²) in [5, 5.41) is 6.72. The molecule has 2 rings (SSSR count). The van der Waals surface area contributed by atoms with Crippen LogP contribution in [0.4, 0.5) is 11.6 Å². The quantitative estimate of drug-likeness (QED) is 0.803. The highest BCUT2D eigenvalue weighted by Crippen LogP contribution is 2.42. The van der Waals surface area contributed by atoms with E-state index >= 15 is 0 Å². The topological polar surface area (TPSA) is 49.8 Å². The van der Waals surface area contributed by atoms with Gasteiger partial charge in [0.1, 0.15) is 18.0 Å². The fourth-order valence-corrected chi connectivity index (χ4v) is 3.45. The van der Waals surface area contributed by atoms with E-state index in [0.29, 0.717) is 4.75 Å². The van der Waals surface area contributed by atoms with Crippen molar-refractivity contribution in [3.8, 4) is 0 Å². The minimum atomic E-state index is 0.425. The summed E-state index contributed by atoms with van der Waals surface area (Å²) in [6.07, 6.45) is 9.95. The van der Waals surface area contributed by atoms with Gasteiger partial charge in [0.05, 0.1) is 0 Å². The lowest BCUT2D eigenvalue weighted by Gasteiger charge is -2.40. The number of anilines is 2. The Morgan fingerprint density at radius 3 is 2.58 bits per heavy atom. The molecule has 0 spiro atoms. The third-order valence-corrected chi connectivity index (χ3v) is 5.38. The number of aromatic nitrogens is 2. The SMILES string of the molecule is CCCc1c(NC)ncnc1NCC1(SC)CCC1. The molecule has 0 unspecified atom stereocenters. The third-order valence-electron chi connectivity index (χ3n) is 3.96. The fraction of sp³-hybridized carbons (Fsp3) is 0.714. The lowest BCUT2D eigenvalue weighted by molar-refractivity contribution is 0.379. The summed E-state index contributed by atoms with van der Waals surface area (Å²) < 4.78 is 0.425. The zero-order valence-electron chi connectivity index (χ0n) is 12.1. The number of rotatable bonds is 7. The Kier molecular flexibility index (Phi) is 4.91. The molecule has 0 aliphatic heterocycles. The van der Waals surface area contributed by atoms with E-state index in [1.807, 2.05) is 18.8 Å². The predicted octanol–water partition coefficient (Wildman–Crippen LogP) is 3.17. The van der Waals surface area contributed by atoms with Crippen LogP contribution in [0.5, 0.6) is 0 Å². The Morgan fingerprint density at radius 2 is 2.05 bits per heavy atom. The van der Waals surface area contributed by atoms with E-state index in [9.17, 15) is 0 Å². The fourth-order valence-electron chi connectivity index (χ4n) is 2.54. The van der Waals surface area contributed by atoms with Crippen molar-refractivity contribution in [1.29, 1.82) is 0 Å². The third kappa shape index (κ3) is 3.14. The summed E-state index contributed by atoms with van der Waals surface area (Å²) in [7, 11) is 1.92. The number of thioether (sulfide) groups is 1. The Balaban J connectivity index is 2.10. The molecule has 19 heavy (non-hydrogen) atoms. The van der Waals surface area contributed by atoms with Gasteiger partial charge in [0.25, 0.3) is 0 Å². The summed E-state index contributed by atoms with van der Waals surface area (Å²) in [6.45, 7) is 3.19. The minimum Gasteiger partial charge on any atom is -0.373 e. The summed E-state index contributed by atoms with van der Waals surface area (Å²) >= 11 is 1.99. The number of hydrogen-bond acceptors (Lipinski definition) is 5. The van der Waals surface area contributed by atoms with Crippen molar-refractivity contribution >= 4 is 23.4 Å². The average molecular weight is 280 g/mol. The van der Waals surface area contributed by atoms with Crippen molar-refractivity contribution in [3.05, 3.63) is 11.9 Å². The van der Waals surface area contributed by atoms with Gasteiger partial charge in [-0.05, 0) is 25.5 Å². The van der Waals surface area contributed by atoms with Gasteiger partial charge >= 0.3 is 0 Å². The normalized spacial score (nSPS) is 16.8. The van der Waals surface area contributed by atoms with Gasteiger partial charge in [-0.1, -0.05) is 19.8 Å². The molecule has 1 fully saturated rings. The molecule has 1 aliphatic rings. The molecule has 0 aromatic carbocycles. The van der Waals surface area contributed by atoms with Crippen molar-refractivity contribution in [2.24, 2.45) is 0 Å². The largest absolute Gasteiger partial charge is 0.373 e. The van der Waals surface area contributed by atoms with Crippen LogP contribution in [-0.4, -0.2) is 34.6 Å². The number of nitrogens with zero attached hydrogens (tertiary/aromatic N) is 2. The first kappa shape index (κ1) is 14.4. The lowest BCUT2D eigenvalue weighted by Crippen LogP contribution is -2.40. The van der Waals surface area contributed by atoms with E-state index < -0.39 is 0 Å². The zero-order valence-corrected chi connectivity index (χ0v) is 12.9. The molecule has 2 N–H and O–H groups in total. The molecule has 1 saturated carbocycles. The molecular weight excluding hydrogens is 256 g/mol. The lowest BCUT2D eigenvalue weighted by atomic mass is 9.84. The summed E-state index contributed by atoms with van der Waals surface area (Å²) in [4.78, 5) is 8.74. The van der Waals surface area contributed by atoms with Crippen LogP contribution in [-0.2, 0) is 6.42 Å². The maximum atomic E-state index is 4.43. The molecule has 1 heterocycles. The van der Waals surface area contributed by atoms with Crippen LogP contribution in [0.1, 0.15) is 38.2 Å². The molecule has 0 saturated heterocycles. The molecule has 0 bridgehead atoms. The molecule has 1 aromatic heterocycles. The second-order valence-corrected chi connectivity index (χ2v) is 6.42. The van der Waals surface area contributed by atoms with Crippen molar-refractivity contribution in [3.63, 3.8) is 0 Å². The van der Waals surface area contributed by atoms with Crippen molar-refractivity contribution in [2.75, 3.05) is 30.5 Å². The van der Waals surface area contributed by atoms with Crippen LogP contribution in [0, 0.1) is 0 Å². The first-order valence-corrected chi connectivity index (χ1v) is 8.28. The van der Waals surface area contributed by atoms with E-state index in [1.54, 1.807) is 6.33 Å². The Morgan fingerprint density at radius 1 is 1.32 bits per heavy atom. The predicted molar refractivity (Wildman–Crippen MR) is 84.2 cm³/mol. The second-order valence-electron chi connectivity index (χ2n) is 5.14. The maximum absolute atomic E-state index is 4.43. The second kappa shape index (κ2) is 6.46. The Labute approximate surface area is 120 Å². The van der Waals surface area contributed by atoms with Gasteiger partial charge in [-0.15, -0.1) is 0 Å². The molecule has 0 amide bonds. The van der Waals surface area contributed by atoms with E-state index in [2.05, 4.69) is 33.8 Å². The first-order chi connectivity index (χ1) is 9.24. The highest BCUT2D eigenvalue weighted by molar-refractivity contribution is 8.00. The van der Waals surface area contributed by atoms with E-state index in [0.717, 1.165) is 31.0 Å². The molecule has 1 aliphatic carbocycles. The highest BCUT2D eigenvalue weighted by Gasteiger charge is 2.36. The molecule has 1 aromatic rings. The van der Waals surface area contributed by atoms with Crippen molar-refractivity contribution in [1.82, 2.24) is 9.97 Å². The molecular formula is C14H24N4S. The number of nitrogens with one attached hydrogen (secondary N) is 2. The summed E-state index contributed by atoms with van der Waals surface area (Å²) in [6, 6.07) is 0. The van der Waals surface area contributed by atoms with Gasteiger partial charge in [0, 0.05) is 23.9 Å². The standard InChI is InChI=1S/C14H24N4S/c1-4-6-11-12(15-2)17-10-18-13(11)16-9-14(19-3)7-5-8-14/h10H,4-9H2,1-3H3,(H2,15,16,17,18). The smallest absolute Gasteiger partial charge is 0.134 e.